The van der Waals surface area contributed by atoms with Gasteiger partial charge in [-0.05, 0) is 126 Å². The average Bonchev–Trinajstić information content (AvgIpc) is 3.70. The third-order valence-electron chi connectivity index (χ3n) is 13.0. The molecule has 0 saturated heterocycles. The lowest BCUT2D eigenvalue weighted by Crippen LogP contribution is -2.10. The van der Waals surface area contributed by atoms with Crippen molar-refractivity contribution in [2.45, 2.75) is 6.54 Å². The van der Waals surface area contributed by atoms with E-state index in [4.69, 9.17) is 0 Å². The molecule has 0 aliphatic carbocycles. The minimum atomic E-state index is 0.815. The molecule has 1 heterocycles. The standard InChI is InChI=1S/C63H44N2/c1-3-14-44(15-4-1)43-64-61-26-10-9-24-60(61)63-59(25-13-27-62(63)64)52-21-11-19-50(40-52)51-20-12-22-55(41-51)65(56-38-39-58-53(42-56)33-32-49-18-7-8-23-57(49)58)54-36-34-48(35-37-54)47-30-28-46(29-31-47)45-16-5-2-6-17-45/h1-42H,43H2. The molecule has 0 bridgehead atoms. The fourth-order valence-corrected chi connectivity index (χ4v) is 9.84. The van der Waals surface area contributed by atoms with E-state index < -0.39 is 0 Å². The molecule has 0 atom stereocenters. The number of aromatic nitrogens is 1. The molecule has 2 heteroatoms. The van der Waals surface area contributed by atoms with Crippen LogP contribution in [0, 0.1) is 0 Å². The van der Waals surface area contributed by atoms with Crippen LogP contribution in [-0.2, 0) is 6.54 Å². The van der Waals surface area contributed by atoms with Gasteiger partial charge in [-0.15, -0.1) is 0 Å². The van der Waals surface area contributed by atoms with Crippen molar-refractivity contribution >= 4 is 60.4 Å². The van der Waals surface area contributed by atoms with Gasteiger partial charge in [0, 0.05) is 39.9 Å². The van der Waals surface area contributed by atoms with Gasteiger partial charge in [-0.2, -0.15) is 0 Å². The molecule has 2 nitrogen and oxygen atoms in total. The molecule has 0 fully saturated rings. The maximum Gasteiger partial charge on any atom is 0.0500 e. The Balaban J connectivity index is 0.941. The number of anilines is 3. The van der Waals surface area contributed by atoms with Gasteiger partial charge < -0.3 is 9.47 Å². The average molecular weight is 829 g/mol. The smallest absolute Gasteiger partial charge is 0.0500 e. The van der Waals surface area contributed by atoms with Crippen molar-refractivity contribution in [3.8, 4) is 44.5 Å². The molecule has 306 valence electrons. The molecule has 12 aromatic rings. The summed E-state index contributed by atoms with van der Waals surface area (Å²) in [6, 6.07) is 92.9. The third-order valence-corrected chi connectivity index (χ3v) is 13.0. The second-order valence-corrected chi connectivity index (χ2v) is 16.9. The minimum absolute atomic E-state index is 0.815. The highest BCUT2D eigenvalue weighted by Gasteiger charge is 2.18. The molecule has 0 N–H and O–H groups in total. The normalized spacial score (nSPS) is 11.4. The second-order valence-electron chi connectivity index (χ2n) is 16.9. The molecule has 0 aliphatic heterocycles. The fraction of sp³-hybridized carbons (Fsp3) is 0.0159. The van der Waals surface area contributed by atoms with E-state index in [1.54, 1.807) is 0 Å². The van der Waals surface area contributed by atoms with E-state index >= 15 is 0 Å². The number of fused-ring (bicyclic) bond motifs is 6. The number of rotatable bonds is 9. The summed E-state index contributed by atoms with van der Waals surface area (Å²) in [6.07, 6.45) is 0. The molecule has 0 amide bonds. The van der Waals surface area contributed by atoms with E-state index in [2.05, 4.69) is 264 Å². The van der Waals surface area contributed by atoms with Gasteiger partial charge in [0.05, 0.1) is 5.52 Å². The molecule has 12 rings (SSSR count). The van der Waals surface area contributed by atoms with Gasteiger partial charge in [-0.25, -0.2) is 0 Å². The van der Waals surface area contributed by atoms with Gasteiger partial charge in [0.1, 0.15) is 0 Å². The summed E-state index contributed by atoms with van der Waals surface area (Å²) < 4.78 is 2.47. The minimum Gasteiger partial charge on any atom is -0.336 e. The lowest BCUT2D eigenvalue weighted by Gasteiger charge is -2.27. The SMILES string of the molecule is c1ccc(Cn2c3ccccc3c3c(-c4cccc(-c5cccc(N(c6ccc(-c7ccc(-c8ccccc8)cc7)cc6)c6ccc7c(ccc8ccccc87)c6)c5)c4)cccc32)cc1. The van der Waals surface area contributed by atoms with E-state index in [0.29, 0.717) is 0 Å². The summed E-state index contributed by atoms with van der Waals surface area (Å²) in [4.78, 5) is 2.40. The van der Waals surface area contributed by atoms with Gasteiger partial charge in [0.2, 0.25) is 0 Å². The van der Waals surface area contributed by atoms with Gasteiger partial charge >= 0.3 is 0 Å². The lowest BCUT2D eigenvalue weighted by atomic mass is 9.95. The summed E-state index contributed by atoms with van der Waals surface area (Å²) in [5.41, 5.74) is 16.7. The van der Waals surface area contributed by atoms with Crippen LogP contribution in [0.4, 0.5) is 17.1 Å². The first-order chi connectivity index (χ1) is 32.2. The van der Waals surface area contributed by atoms with Crippen LogP contribution in [0.5, 0.6) is 0 Å². The second kappa shape index (κ2) is 16.3. The van der Waals surface area contributed by atoms with Crippen molar-refractivity contribution in [1.82, 2.24) is 4.57 Å². The molecule has 0 aliphatic rings. The zero-order valence-electron chi connectivity index (χ0n) is 35.9. The number of hydrogen-bond acceptors (Lipinski definition) is 1. The van der Waals surface area contributed by atoms with Gasteiger partial charge in [0.15, 0.2) is 0 Å². The van der Waals surface area contributed by atoms with Crippen LogP contribution >= 0.6 is 0 Å². The van der Waals surface area contributed by atoms with Crippen molar-refractivity contribution < 1.29 is 0 Å². The van der Waals surface area contributed by atoms with E-state index in [1.807, 2.05) is 0 Å². The van der Waals surface area contributed by atoms with Crippen LogP contribution in [0.2, 0.25) is 0 Å². The predicted octanol–water partition coefficient (Wildman–Crippen LogP) is 17.3. The van der Waals surface area contributed by atoms with Crippen LogP contribution in [0.15, 0.2) is 255 Å². The monoisotopic (exact) mass is 828 g/mol. The van der Waals surface area contributed by atoms with Crippen molar-refractivity contribution in [2.24, 2.45) is 0 Å². The van der Waals surface area contributed by atoms with Crippen LogP contribution < -0.4 is 4.90 Å². The van der Waals surface area contributed by atoms with Crippen molar-refractivity contribution in [3.05, 3.63) is 260 Å². The summed E-state index contributed by atoms with van der Waals surface area (Å²) in [5, 5.41) is 7.55. The topological polar surface area (TPSA) is 8.17 Å². The van der Waals surface area contributed by atoms with Crippen molar-refractivity contribution in [2.75, 3.05) is 4.90 Å². The van der Waals surface area contributed by atoms with Gasteiger partial charge in [-0.3, -0.25) is 0 Å². The molecule has 11 aromatic carbocycles. The van der Waals surface area contributed by atoms with Crippen molar-refractivity contribution in [1.29, 1.82) is 0 Å². The number of para-hydroxylation sites is 1. The molecular formula is C63H44N2. The maximum absolute atomic E-state index is 2.47. The summed E-state index contributed by atoms with van der Waals surface area (Å²) >= 11 is 0. The first-order valence-corrected chi connectivity index (χ1v) is 22.4. The molecule has 65 heavy (non-hydrogen) atoms. The van der Waals surface area contributed by atoms with Crippen LogP contribution in [0.25, 0.3) is 87.9 Å². The van der Waals surface area contributed by atoms with E-state index in [9.17, 15) is 0 Å². The third kappa shape index (κ3) is 7.12. The Bertz CT molecular complexity index is 3660. The van der Waals surface area contributed by atoms with Crippen molar-refractivity contribution in [3.63, 3.8) is 0 Å². The van der Waals surface area contributed by atoms with Crippen LogP contribution in [0.3, 0.4) is 0 Å². The lowest BCUT2D eigenvalue weighted by molar-refractivity contribution is 0.869. The largest absolute Gasteiger partial charge is 0.336 e. The van der Waals surface area contributed by atoms with Crippen LogP contribution in [0.1, 0.15) is 5.56 Å². The first kappa shape index (κ1) is 38.2. The fourth-order valence-electron chi connectivity index (χ4n) is 9.84. The highest BCUT2D eigenvalue weighted by molar-refractivity contribution is 6.15. The molecule has 1 aromatic heterocycles. The molecule has 0 saturated carbocycles. The predicted molar refractivity (Wildman–Crippen MR) is 276 cm³/mol. The summed E-state index contributed by atoms with van der Waals surface area (Å²) in [7, 11) is 0. The van der Waals surface area contributed by atoms with Gasteiger partial charge in [-0.1, -0.05) is 200 Å². The molecular weight excluding hydrogens is 785 g/mol. The van der Waals surface area contributed by atoms with E-state index in [-0.39, 0.29) is 0 Å². The maximum atomic E-state index is 2.47. The number of hydrogen-bond donors (Lipinski definition) is 0. The highest BCUT2D eigenvalue weighted by atomic mass is 15.1. The Morgan fingerprint density at radius 3 is 1.60 bits per heavy atom. The Morgan fingerprint density at radius 2 is 0.815 bits per heavy atom. The van der Waals surface area contributed by atoms with Gasteiger partial charge in [0.25, 0.3) is 0 Å². The first-order valence-electron chi connectivity index (χ1n) is 22.4. The van der Waals surface area contributed by atoms with Crippen LogP contribution in [-0.4, -0.2) is 4.57 Å². The number of nitrogens with zero attached hydrogens (tertiary/aromatic N) is 2. The highest BCUT2D eigenvalue weighted by Crippen LogP contribution is 2.42. The Hall–Kier alpha value is -8.46. The van der Waals surface area contributed by atoms with E-state index in [1.165, 1.54) is 87.9 Å². The zero-order valence-corrected chi connectivity index (χ0v) is 35.9. The molecule has 0 unspecified atom stereocenters. The Morgan fingerprint density at radius 1 is 0.292 bits per heavy atom. The zero-order chi connectivity index (χ0) is 43.1. The van der Waals surface area contributed by atoms with E-state index in [0.717, 1.165) is 29.2 Å². The summed E-state index contributed by atoms with van der Waals surface area (Å²) in [5.74, 6) is 0. The summed E-state index contributed by atoms with van der Waals surface area (Å²) in [6.45, 7) is 0.815. The quantitative estimate of drug-likeness (QED) is 0.132. The Labute approximate surface area is 379 Å². The Kier molecular flexibility index (Phi) is 9.61. The molecule has 0 spiro atoms. The number of benzene rings is 11. The molecule has 0 radical (unpaired) electrons.